The summed E-state index contributed by atoms with van der Waals surface area (Å²) < 4.78 is 5.29. The zero-order valence-electron chi connectivity index (χ0n) is 13.9. The van der Waals surface area contributed by atoms with Crippen LogP contribution in [0.25, 0.3) is 10.9 Å². The van der Waals surface area contributed by atoms with Gasteiger partial charge in [-0.3, -0.25) is 9.69 Å². The minimum atomic E-state index is -0.796. The molecule has 0 unspecified atom stereocenters. The normalized spacial score (nSPS) is 23.8. The lowest BCUT2D eigenvalue weighted by atomic mass is 9.89. The Morgan fingerprint density at radius 2 is 2.04 bits per heavy atom. The maximum absolute atomic E-state index is 12.0. The van der Waals surface area contributed by atoms with E-state index in [9.17, 15) is 9.90 Å². The number of aliphatic carboxylic acids is 1. The molecule has 0 bridgehead atoms. The highest BCUT2D eigenvalue weighted by molar-refractivity contribution is 5.90. The fourth-order valence-electron chi connectivity index (χ4n) is 3.88. The summed E-state index contributed by atoms with van der Waals surface area (Å²) in [5.74, 6) is 0.971. The van der Waals surface area contributed by atoms with Crippen LogP contribution in [0, 0.1) is 11.8 Å². The Morgan fingerprint density at radius 3 is 2.65 bits per heavy atom. The highest BCUT2D eigenvalue weighted by atomic mass is 16.5. The minimum Gasteiger partial charge on any atom is -0.497 e. The lowest BCUT2D eigenvalue weighted by Gasteiger charge is -2.38. The van der Waals surface area contributed by atoms with Crippen LogP contribution in [-0.4, -0.2) is 41.2 Å². The first-order valence-electron chi connectivity index (χ1n) is 8.11. The van der Waals surface area contributed by atoms with E-state index in [0.717, 1.165) is 41.7 Å². The van der Waals surface area contributed by atoms with Crippen molar-refractivity contribution in [3.05, 3.63) is 30.0 Å². The molecule has 1 fully saturated rings. The molecule has 3 rings (SSSR count). The number of aromatic nitrogens is 1. The molecule has 5 heteroatoms. The molecule has 0 saturated carbocycles. The second kappa shape index (κ2) is 6.24. The Kier molecular flexibility index (Phi) is 4.31. The fourth-order valence-corrected chi connectivity index (χ4v) is 3.88. The van der Waals surface area contributed by atoms with E-state index in [4.69, 9.17) is 4.74 Å². The smallest absolute Gasteiger partial charge is 0.325 e. The molecule has 5 nitrogen and oxygen atoms in total. The van der Waals surface area contributed by atoms with Crippen molar-refractivity contribution >= 4 is 16.9 Å². The summed E-state index contributed by atoms with van der Waals surface area (Å²) in [4.78, 5) is 17.3. The molecule has 124 valence electrons. The minimum absolute atomic E-state index is 0.514. The molecule has 0 radical (unpaired) electrons. The number of piperidine rings is 1. The standard InChI is InChI=1S/C18H24N2O3/c1-11-6-12(2)10-20(9-11)17(18(21)22)15-8-19-16-5-4-13(23-3)7-14(15)16/h4-5,7-8,11-12,17,19H,6,9-10H2,1-3H3,(H,21,22)/t11-,12-,17+/m0/s1. The van der Waals surface area contributed by atoms with E-state index < -0.39 is 12.0 Å². The first-order valence-corrected chi connectivity index (χ1v) is 8.11. The van der Waals surface area contributed by atoms with Crippen LogP contribution in [-0.2, 0) is 4.79 Å². The number of nitrogens with zero attached hydrogens (tertiary/aromatic N) is 1. The summed E-state index contributed by atoms with van der Waals surface area (Å²) in [5.41, 5.74) is 1.75. The third kappa shape index (κ3) is 3.06. The van der Waals surface area contributed by atoms with Gasteiger partial charge in [-0.1, -0.05) is 13.8 Å². The first-order chi connectivity index (χ1) is 11.0. The van der Waals surface area contributed by atoms with Crippen molar-refractivity contribution in [2.75, 3.05) is 20.2 Å². The molecule has 1 aromatic carbocycles. The van der Waals surface area contributed by atoms with Gasteiger partial charge >= 0.3 is 5.97 Å². The van der Waals surface area contributed by atoms with Gasteiger partial charge in [-0.25, -0.2) is 0 Å². The molecule has 1 saturated heterocycles. The Labute approximate surface area is 136 Å². The number of carboxylic acid groups (broad SMARTS) is 1. The Bertz CT molecular complexity index is 699. The first kappa shape index (κ1) is 15.9. The lowest BCUT2D eigenvalue weighted by Crippen LogP contribution is -2.43. The van der Waals surface area contributed by atoms with Crippen molar-refractivity contribution in [2.45, 2.75) is 26.3 Å². The number of likely N-dealkylation sites (tertiary alicyclic amines) is 1. The molecule has 0 amide bonds. The molecule has 2 N–H and O–H groups in total. The number of carboxylic acids is 1. The molecule has 2 heterocycles. The summed E-state index contributed by atoms with van der Waals surface area (Å²) >= 11 is 0. The number of ether oxygens (including phenoxy) is 1. The average molecular weight is 316 g/mol. The van der Waals surface area contributed by atoms with Crippen LogP contribution in [0.4, 0.5) is 0 Å². The summed E-state index contributed by atoms with van der Waals surface area (Å²) in [6.45, 7) is 6.02. The Hall–Kier alpha value is -2.01. The number of fused-ring (bicyclic) bond motifs is 1. The van der Waals surface area contributed by atoms with Gasteiger partial charge < -0.3 is 14.8 Å². The summed E-state index contributed by atoms with van der Waals surface area (Å²) in [7, 11) is 1.62. The van der Waals surface area contributed by atoms with E-state index in [1.807, 2.05) is 24.4 Å². The molecule has 0 aliphatic carbocycles. The maximum Gasteiger partial charge on any atom is 0.325 e. The summed E-state index contributed by atoms with van der Waals surface area (Å²) in [6, 6.07) is 5.09. The van der Waals surface area contributed by atoms with Crippen LogP contribution < -0.4 is 4.74 Å². The summed E-state index contributed by atoms with van der Waals surface area (Å²) in [6.07, 6.45) is 2.98. The molecule has 2 aromatic rings. The summed E-state index contributed by atoms with van der Waals surface area (Å²) in [5, 5.41) is 10.8. The number of methoxy groups -OCH3 is 1. The fraction of sp³-hybridized carbons (Fsp3) is 0.500. The second-order valence-electron chi connectivity index (χ2n) is 6.80. The van der Waals surface area contributed by atoms with Gasteiger partial charge in [-0.2, -0.15) is 0 Å². The van der Waals surface area contributed by atoms with E-state index in [1.165, 1.54) is 0 Å². The third-order valence-electron chi connectivity index (χ3n) is 4.71. The molecule has 1 aromatic heterocycles. The largest absolute Gasteiger partial charge is 0.497 e. The number of carbonyl (C=O) groups is 1. The SMILES string of the molecule is COc1ccc2[nH]cc([C@H](C(=O)O)N3C[C@@H](C)C[C@H](C)C3)c2c1. The van der Waals surface area contributed by atoms with Crippen LogP contribution >= 0.6 is 0 Å². The number of rotatable bonds is 4. The number of hydrogen-bond donors (Lipinski definition) is 2. The van der Waals surface area contributed by atoms with Crippen molar-refractivity contribution in [2.24, 2.45) is 11.8 Å². The van der Waals surface area contributed by atoms with Crippen LogP contribution in [0.5, 0.6) is 5.75 Å². The number of H-pyrrole nitrogens is 1. The quantitative estimate of drug-likeness (QED) is 0.908. The third-order valence-corrected chi connectivity index (χ3v) is 4.71. The molecular weight excluding hydrogens is 292 g/mol. The number of hydrogen-bond acceptors (Lipinski definition) is 3. The van der Waals surface area contributed by atoms with E-state index in [-0.39, 0.29) is 0 Å². The highest BCUT2D eigenvalue weighted by Gasteiger charge is 2.34. The van der Waals surface area contributed by atoms with Crippen molar-refractivity contribution < 1.29 is 14.6 Å². The molecular formula is C18H24N2O3. The van der Waals surface area contributed by atoms with Gasteiger partial charge in [-0.15, -0.1) is 0 Å². The number of nitrogens with one attached hydrogen (secondary N) is 1. The Morgan fingerprint density at radius 1 is 1.35 bits per heavy atom. The van der Waals surface area contributed by atoms with Crippen molar-refractivity contribution in [3.63, 3.8) is 0 Å². The van der Waals surface area contributed by atoms with E-state index in [2.05, 4.69) is 23.7 Å². The predicted molar refractivity (Wildman–Crippen MR) is 89.7 cm³/mol. The van der Waals surface area contributed by atoms with Gasteiger partial charge in [0.1, 0.15) is 11.8 Å². The van der Waals surface area contributed by atoms with Gasteiger partial charge in [0.05, 0.1) is 7.11 Å². The predicted octanol–water partition coefficient (Wildman–Crippen LogP) is 3.28. The molecule has 1 aliphatic rings. The van der Waals surface area contributed by atoms with Crippen molar-refractivity contribution in [3.8, 4) is 5.75 Å². The van der Waals surface area contributed by atoms with Crippen molar-refractivity contribution in [1.82, 2.24) is 9.88 Å². The molecule has 1 aliphatic heterocycles. The second-order valence-corrected chi connectivity index (χ2v) is 6.80. The zero-order chi connectivity index (χ0) is 16.6. The van der Waals surface area contributed by atoms with Crippen molar-refractivity contribution in [1.29, 1.82) is 0 Å². The van der Waals surface area contributed by atoms with Crippen LogP contribution in [0.1, 0.15) is 31.9 Å². The zero-order valence-corrected chi connectivity index (χ0v) is 13.9. The van der Waals surface area contributed by atoms with E-state index >= 15 is 0 Å². The van der Waals surface area contributed by atoms with E-state index in [1.54, 1.807) is 7.11 Å². The van der Waals surface area contributed by atoms with Gasteiger partial charge in [-0.05, 0) is 36.5 Å². The van der Waals surface area contributed by atoms with Gasteiger partial charge in [0.25, 0.3) is 0 Å². The highest BCUT2D eigenvalue weighted by Crippen LogP contribution is 2.34. The van der Waals surface area contributed by atoms with Gasteiger partial charge in [0.2, 0.25) is 0 Å². The number of benzene rings is 1. The van der Waals surface area contributed by atoms with Gasteiger partial charge in [0.15, 0.2) is 0 Å². The van der Waals surface area contributed by atoms with Gasteiger partial charge in [0, 0.05) is 35.8 Å². The molecule has 23 heavy (non-hydrogen) atoms. The Balaban J connectivity index is 2.03. The lowest BCUT2D eigenvalue weighted by molar-refractivity contribution is -0.144. The maximum atomic E-state index is 12.0. The van der Waals surface area contributed by atoms with Crippen LogP contribution in [0.2, 0.25) is 0 Å². The van der Waals surface area contributed by atoms with E-state index in [0.29, 0.717) is 11.8 Å². The topological polar surface area (TPSA) is 65.6 Å². The molecule has 3 atom stereocenters. The monoisotopic (exact) mass is 316 g/mol. The number of aromatic amines is 1. The van der Waals surface area contributed by atoms with Crippen LogP contribution in [0.15, 0.2) is 24.4 Å². The van der Waals surface area contributed by atoms with Crippen LogP contribution in [0.3, 0.4) is 0 Å². The molecule has 0 spiro atoms. The average Bonchev–Trinajstić information content (AvgIpc) is 2.89.